The molecule has 0 atom stereocenters. The summed E-state index contributed by atoms with van der Waals surface area (Å²) in [5.74, 6) is 0.400. The molecule has 3 aromatic rings. The quantitative estimate of drug-likeness (QED) is 0.426. The molecule has 3 nitrogen and oxygen atoms in total. The summed E-state index contributed by atoms with van der Waals surface area (Å²) in [6.07, 6.45) is 0. The Morgan fingerprint density at radius 3 is 1.93 bits per heavy atom. The standard InChI is InChI=1S/C23H28N2OS.BrH/c1-22(2,3)17-12-15(13-18(20(17)26)23(4,5)6)19-14-27-21(25-19)24-16-10-8-7-9-11-16;/h7-14,26H,1-6H3,(H,24,25);1H. The Morgan fingerprint density at radius 2 is 1.43 bits per heavy atom. The van der Waals surface area contributed by atoms with Gasteiger partial charge in [-0.15, -0.1) is 28.3 Å². The Balaban J connectivity index is 0.00000280. The third-order valence-electron chi connectivity index (χ3n) is 4.55. The summed E-state index contributed by atoms with van der Waals surface area (Å²) in [5, 5.41) is 17.2. The number of benzene rings is 2. The minimum absolute atomic E-state index is 0. The van der Waals surface area contributed by atoms with E-state index in [-0.39, 0.29) is 27.8 Å². The summed E-state index contributed by atoms with van der Waals surface area (Å²) in [5.41, 5.74) is 4.60. The molecule has 0 bridgehead atoms. The molecule has 1 aromatic heterocycles. The predicted molar refractivity (Wildman–Crippen MR) is 127 cm³/mol. The number of halogens is 1. The normalized spacial score (nSPS) is 11.8. The van der Waals surface area contributed by atoms with Crippen LogP contribution < -0.4 is 5.32 Å². The van der Waals surface area contributed by atoms with E-state index in [4.69, 9.17) is 4.98 Å². The Labute approximate surface area is 182 Å². The van der Waals surface area contributed by atoms with Crippen LogP contribution in [0.5, 0.6) is 5.75 Å². The van der Waals surface area contributed by atoms with Crippen molar-refractivity contribution in [3.05, 3.63) is 59.0 Å². The fourth-order valence-corrected chi connectivity index (χ4v) is 3.77. The van der Waals surface area contributed by atoms with Crippen LogP contribution in [-0.4, -0.2) is 10.1 Å². The van der Waals surface area contributed by atoms with E-state index in [9.17, 15) is 5.11 Å². The molecule has 2 N–H and O–H groups in total. The van der Waals surface area contributed by atoms with Crippen molar-refractivity contribution in [2.45, 2.75) is 52.4 Å². The van der Waals surface area contributed by atoms with E-state index in [1.54, 1.807) is 11.3 Å². The van der Waals surface area contributed by atoms with E-state index in [0.717, 1.165) is 33.2 Å². The molecule has 3 rings (SSSR count). The minimum atomic E-state index is -0.152. The molecule has 150 valence electrons. The van der Waals surface area contributed by atoms with Crippen molar-refractivity contribution in [3.8, 4) is 17.0 Å². The highest BCUT2D eigenvalue weighted by Crippen LogP contribution is 2.42. The van der Waals surface area contributed by atoms with Gasteiger partial charge < -0.3 is 10.4 Å². The van der Waals surface area contributed by atoms with Crippen LogP contribution in [0.3, 0.4) is 0 Å². The van der Waals surface area contributed by atoms with E-state index < -0.39 is 0 Å². The summed E-state index contributed by atoms with van der Waals surface area (Å²) >= 11 is 1.59. The summed E-state index contributed by atoms with van der Waals surface area (Å²) in [7, 11) is 0. The summed E-state index contributed by atoms with van der Waals surface area (Å²) in [4.78, 5) is 4.78. The van der Waals surface area contributed by atoms with Crippen LogP contribution in [0.1, 0.15) is 52.7 Å². The molecule has 0 amide bonds. The number of aromatic hydroxyl groups is 1. The van der Waals surface area contributed by atoms with Gasteiger partial charge in [-0.2, -0.15) is 0 Å². The molecule has 2 aromatic carbocycles. The predicted octanol–water partition coefficient (Wildman–Crippen LogP) is 7.43. The zero-order valence-electron chi connectivity index (χ0n) is 17.3. The SMILES string of the molecule is Br.CC(C)(C)c1cc(-c2csc(Nc3ccccc3)n2)cc(C(C)(C)C)c1O. The topological polar surface area (TPSA) is 45.2 Å². The number of aromatic nitrogens is 1. The third-order valence-corrected chi connectivity index (χ3v) is 5.31. The molecule has 0 fully saturated rings. The lowest BCUT2D eigenvalue weighted by atomic mass is 9.78. The highest BCUT2D eigenvalue weighted by Gasteiger charge is 2.27. The third kappa shape index (κ3) is 4.95. The molecule has 0 radical (unpaired) electrons. The Kier molecular flexibility index (Phi) is 6.62. The van der Waals surface area contributed by atoms with Gasteiger partial charge in [-0.25, -0.2) is 4.98 Å². The van der Waals surface area contributed by atoms with E-state index in [0.29, 0.717) is 5.75 Å². The Hall–Kier alpha value is -1.85. The zero-order valence-corrected chi connectivity index (χ0v) is 19.9. The lowest BCUT2D eigenvalue weighted by molar-refractivity contribution is 0.423. The molecule has 5 heteroatoms. The monoisotopic (exact) mass is 460 g/mol. The molecule has 1 heterocycles. The van der Waals surface area contributed by atoms with Crippen molar-refractivity contribution >= 4 is 39.1 Å². The van der Waals surface area contributed by atoms with Gasteiger partial charge in [-0.3, -0.25) is 0 Å². The number of anilines is 2. The Morgan fingerprint density at radius 1 is 0.893 bits per heavy atom. The smallest absolute Gasteiger partial charge is 0.187 e. The number of phenolic OH excluding ortho intramolecular Hbond substituents is 1. The zero-order chi connectivity index (χ0) is 19.8. The molecule has 0 unspecified atom stereocenters. The van der Waals surface area contributed by atoms with Crippen LogP contribution in [-0.2, 0) is 10.8 Å². The van der Waals surface area contributed by atoms with Gasteiger partial charge in [-0.1, -0.05) is 59.7 Å². The summed E-state index contributed by atoms with van der Waals surface area (Å²) < 4.78 is 0. The molecular formula is C23H29BrN2OS. The molecule has 0 aliphatic rings. The largest absolute Gasteiger partial charge is 0.507 e. The van der Waals surface area contributed by atoms with E-state index in [1.165, 1.54) is 0 Å². The maximum absolute atomic E-state index is 10.9. The Bertz CT molecular complexity index is 902. The van der Waals surface area contributed by atoms with Crippen LogP contribution in [0, 0.1) is 0 Å². The van der Waals surface area contributed by atoms with Crippen molar-refractivity contribution in [3.63, 3.8) is 0 Å². The van der Waals surface area contributed by atoms with Gasteiger partial charge >= 0.3 is 0 Å². The minimum Gasteiger partial charge on any atom is -0.507 e. The van der Waals surface area contributed by atoms with Crippen molar-refractivity contribution < 1.29 is 5.11 Å². The maximum atomic E-state index is 10.9. The summed E-state index contributed by atoms with van der Waals surface area (Å²) in [6, 6.07) is 14.2. The number of nitrogens with zero attached hydrogens (tertiary/aromatic N) is 1. The molecule has 0 saturated carbocycles. The lowest BCUT2D eigenvalue weighted by Crippen LogP contribution is -2.17. The molecule has 0 aliphatic heterocycles. The van der Waals surface area contributed by atoms with Gasteiger partial charge in [0.2, 0.25) is 0 Å². The fraction of sp³-hybridized carbons (Fsp3) is 0.348. The molecule has 0 spiro atoms. The second kappa shape index (κ2) is 8.26. The van der Waals surface area contributed by atoms with Gasteiger partial charge in [0, 0.05) is 27.8 Å². The van der Waals surface area contributed by atoms with Crippen LogP contribution in [0.2, 0.25) is 0 Å². The van der Waals surface area contributed by atoms with Crippen molar-refractivity contribution in [2.24, 2.45) is 0 Å². The van der Waals surface area contributed by atoms with Gasteiger partial charge in [0.25, 0.3) is 0 Å². The van der Waals surface area contributed by atoms with Crippen LogP contribution >= 0.6 is 28.3 Å². The lowest BCUT2D eigenvalue weighted by Gasteiger charge is -2.28. The van der Waals surface area contributed by atoms with Crippen molar-refractivity contribution in [2.75, 3.05) is 5.32 Å². The molecular weight excluding hydrogens is 432 g/mol. The van der Waals surface area contributed by atoms with E-state index in [1.807, 2.05) is 30.3 Å². The number of hydrogen-bond acceptors (Lipinski definition) is 4. The molecule has 0 aliphatic carbocycles. The van der Waals surface area contributed by atoms with Gasteiger partial charge in [-0.05, 0) is 35.1 Å². The summed E-state index contributed by atoms with van der Waals surface area (Å²) in [6.45, 7) is 12.8. The van der Waals surface area contributed by atoms with E-state index >= 15 is 0 Å². The van der Waals surface area contributed by atoms with Crippen molar-refractivity contribution in [1.82, 2.24) is 4.98 Å². The van der Waals surface area contributed by atoms with E-state index in [2.05, 4.69) is 64.4 Å². The number of nitrogens with one attached hydrogen (secondary N) is 1. The number of para-hydroxylation sites is 1. The van der Waals surface area contributed by atoms with Crippen LogP contribution in [0.25, 0.3) is 11.3 Å². The van der Waals surface area contributed by atoms with Gasteiger partial charge in [0.05, 0.1) is 5.69 Å². The number of hydrogen-bond donors (Lipinski definition) is 2. The van der Waals surface area contributed by atoms with Crippen LogP contribution in [0.4, 0.5) is 10.8 Å². The first kappa shape index (κ1) is 22.4. The average molecular weight is 461 g/mol. The first-order valence-corrected chi connectivity index (χ1v) is 10.1. The fourth-order valence-electron chi connectivity index (χ4n) is 3.03. The van der Waals surface area contributed by atoms with Gasteiger partial charge in [0.15, 0.2) is 5.13 Å². The van der Waals surface area contributed by atoms with Crippen molar-refractivity contribution in [1.29, 1.82) is 0 Å². The molecule has 28 heavy (non-hydrogen) atoms. The second-order valence-electron chi connectivity index (χ2n) is 8.95. The van der Waals surface area contributed by atoms with Gasteiger partial charge in [0.1, 0.15) is 5.75 Å². The van der Waals surface area contributed by atoms with Crippen LogP contribution in [0.15, 0.2) is 47.8 Å². The first-order valence-electron chi connectivity index (χ1n) is 9.21. The highest BCUT2D eigenvalue weighted by atomic mass is 79.9. The number of rotatable bonds is 3. The average Bonchev–Trinajstić information content (AvgIpc) is 3.02. The number of thiazole rings is 1. The first-order chi connectivity index (χ1) is 12.6. The second-order valence-corrected chi connectivity index (χ2v) is 9.81. The number of phenols is 1. The molecule has 0 saturated heterocycles. The highest BCUT2D eigenvalue weighted by molar-refractivity contribution is 8.93. The maximum Gasteiger partial charge on any atom is 0.187 e.